The molecule has 0 bridgehead atoms. The predicted octanol–water partition coefficient (Wildman–Crippen LogP) is 2.38. The summed E-state index contributed by atoms with van der Waals surface area (Å²) in [5, 5.41) is 3.65. The Balaban J connectivity index is 1.67. The molecule has 4 heteroatoms. The van der Waals surface area contributed by atoms with Crippen LogP contribution in [0.2, 0.25) is 0 Å². The molecule has 108 valence electrons. The van der Waals surface area contributed by atoms with Gasteiger partial charge in [-0.15, -0.1) is 0 Å². The summed E-state index contributed by atoms with van der Waals surface area (Å²) in [6, 6.07) is 0.840. The number of nitrogens with one attached hydrogen (secondary N) is 1. The van der Waals surface area contributed by atoms with Crippen LogP contribution in [0.5, 0.6) is 0 Å². The fourth-order valence-electron chi connectivity index (χ4n) is 3.04. The monoisotopic (exact) mass is 266 g/mol. The lowest BCUT2D eigenvalue weighted by Gasteiger charge is -2.41. The highest BCUT2D eigenvalue weighted by molar-refractivity contribution is 5.69. The second kappa shape index (κ2) is 4.65. The van der Waals surface area contributed by atoms with E-state index >= 15 is 0 Å². The molecule has 0 aromatic carbocycles. The van der Waals surface area contributed by atoms with E-state index in [9.17, 15) is 4.79 Å². The van der Waals surface area contributed by atoms with E-state index in [2.05, 4.69) is 5.32 Å². The first kappa shape index (κ1) is 13.2. The number of carbonyl (C=O) groups excluding carboxylic acids is 1. The molecule has 2 atom stereocenters. The Hall–Kier alpha value is -0.770. The van der Waals surface area contributed by atoms with Crippen molar-refractivity contribution in [1.82, 2.24) is 10.2 Å². The second-order valence-electron chi connectivity index (χ2n) is 7.39. The van der Waals surface area contributed by atoms with Crippen LogP contribution in [0.4, 0.5) is 4.79 Å². The molecular formula is C15H26N2O2. The van der Waals surface area contributed by atoms with Crippen LogP contribution in [0.25, 0.3) is 0 Å². The standard InChI is InChI=1S/C15H26N2O2/c1-15(2,3)19-14(18)17-9-12(10-4-5-10)16-8-13(17)11-6-7-11/h10-13,16H,4-9H2,1-3H3/t12-,13-/m1/s1. The topological polar surface area (TPSA) is 41.6 Å². The molecule has 0 aromatic heterocycles. The van der Waals surface area contributed by atoms with Gasteiger partial charge in [0, 0.05) is 19.1 Å². The van der Waals surface area contributed by atoms with Crippen molar-refractivity contribution in [2.75, 3.05) is 13.1 Å². The van der Waals surface area contributed by atoms with E-state index in [1.165, 1.54) is 25.7 Å². The van der Waals surface area contributed by atoms with Gasteiger partial charge < -0.3 is 15.0 Å². The minimum Gasteiger partial charge on any atom is -0.444 e. The summed E-state index contributed by atoms with van der Waals surface area (Å²) in [5.74, 6) is 1.48. The maximum absolute atomic E-state index is 12.4. The molecule has 4 nitrogen and oxygen atoms in total. The van der Waals surface area contributed by atoms with Gasteiger partial charge in [-0.3, -0.25) is 0 Å². The number of piperazine rings is 1. The van der Waals surface area contributed by atoms with E-state index in [1.807, 2.05) is 25.7 Å². The number of carbonyl (C=O) groups is 1. The van der Waals surface area contributed by atoms with Gasteiger partial charge in [0.2, 0.25) is 0 Å². The number of hydrogen-bond donors (Lipinski definition) is 1. The molecule has 1 N–H and O–H groups in total. The van der Waals surface area contributed by atoms with Crippen molar-refractivity contribution in [3.05, 3.63) is 0 Å². The summed E-state index contributed by atoms with van der Waals surface area (Å²) in [6.45, 7) is 7.61. The van der Waals surface area contributed by atoms with Crippen LogP contribution in [0, 0.1) is 11.8 Å². The van der Waals surface area contributed by atoms with Gasteiger partial charge in [-0.25, -0.2) is 4.79 Å². The van der Waals surface area contributed by atoms with Crippen LogP contribution in [-0.4, -0.2) is 41.8 Å². The summed E-state index contributed by atoms with van der Waals surface area (Å²) in [6.07, 6.45) is 5.04. The third-order valence-electron chi connectivity index (χ3n) is 4.37. The van der Waals surface area contributed by atoms with Crippen LogP contribution in [0.1, 0.15) is 46.5 Å². The molecule has 3 rings (SSSR count). The number of amides is 1. The Morgan fingerprint density at radius 1 is 1.16 bits per heavy atom. The van der Waals surface area contributed by atoms with Crippen LogP contribution in [-0.2, 0) is 4.74 Å². The van der Waals surface area contributed by atoms with Gasteiger partial charge in [-0.2, -0.15) is 0 Å². The molecule has 0 spiro atoms. The van der Waals surface area contributed by atoms with Crippen LogP contribution < -0.4 is 5.32 Å². The molecule has 1 amide bonds. The third kappa shape index (κ3) is 3.22. The molecule has 19 heavy (non-hydrogen) atoms. The van der Waals surface area contributed by atoms with Gasteiger partial charge >= 0.3 is 6.09 Å². The summed E-state index contributed by atoms with van der Waals surface area (Å²) in [7, 11) is 0. The average molecular weight is 266 g/mol. The molecular weight excluding hydrogens is 240 g/mol. The summed E-state index contributed by atoms with van der Waals surface area (Å²) >= 11 is 0. The van der Waals surface area contributed by atoms with E-state index in [0.717, 1.165) is 19.0 Å². The Morgan fingerprint density at radius 2 is 1.79 bits per heavy atom. The van der Waals surface area contributed by atoms with Gasteiger partial charge in [0.05, 0.1) is 6.04 Å². The highest BCUT2D eigenvalue weighted by atomic mass is 16.6. The number of rotatable bonds is 2. The molecule has 0 aromatic rings. The average Bonchev–Trinajstić information content (AvgIpc) is 3.16. The minimum atomic E-state index is -0.398. The molecule has 0 radical (unpaired) electrons. The maximum atomic E-state index is 12.4. The summed E-state index contributed by atoms with van der Waals surface area (Å²) in [5.41, 5.74) is -0.398. The largest absolute Gasteiger partial charge is 0.444 e. The molecule has 3 aliphatic rings. The first-order valence-corrected chi connectivity index (χ1v) is 7.67. The lowest BCUT2D eigenvalue weighted by atomic mass is 10.0. The number of nitrogens with zero attached hydrogens (tertiary/aromatic N) is 1. The highest BCUT2D eigenvalue weighted by Crippen LogP contribution is 2.40. The Kier molecular flexibility index (Phi) is 3.24. The zero-order valence-electron chi connectivity index (χ0n) is 12.3. The Labute approximate surface area is 115 Å². The highest BCUT2D eigenvalue weighted by Gasteiger charge is 2.45. The first-order valence-electron chi connectivity index (χ1n) is 7.67. The first-order chi connectivity index (χ1) is 8.94. The third-order valence-corrected chi connectivity index (χ3v) is 4.37. The van der Waals surface area contributed by atoms with E-state index in [4.69, 9.17) is 4.74 Å². The van der Waals surface area contributed by atoms with E-state index in [-0.39, 0.29) is 6.09 Å². The van der Waals surface area contributed by atoms with Gasteiger partial charge in [0.15, 0.2) is 0 Å². The number of ether oxygens (including phenoxy) is 1. The fourth-order valence-corrected chi connectivity index (χ4v) is 3.04. The Bertz CT molecular complexity index is 356. The second-order valence-corrected chi connectivity index (χ2v) is 7.39. The quantitative estimate of drug-likeness (QED) is 0.834. The zero-order valence-corrected chi connectivity index (χ0v) is 12.3. The van der Waals surface area contributed by atoms with Crippen molar-refractivity contribution in [2.45, 2.75) is 64.1 Å². The van der Waals surface area contributed by atoms with Crippen molar-refractivity contribution >= 4 is 6.09 Å². The van der Waals surface area contributed by atoms with Crippen molar-refractivity contribution in [1.29, 1.82) is 0 Å². The van der Waals surface area contributed by atoms with E-state index in [1.54, 1.807) is 0 Å². The SMILES string of the molecule is CC(C)(C)OC(=O)N1C[C@H](C2CC2)NC[C@@H]1C1CC1. The van der Waals surface area contributed by atoms with Crippen LogP contribution in [0.3, 0.4) is 0 Å². The summed E-state index contributed by atoms with van der Waals surface area (Å²) in [4.78, 5) is 14.4. The van der Waals surface area contributed by atoms with Gasteiger partial charge in [-0.05, 0) is 58.3 Å². The lowest BCUT2D eigenvalue weighted by molar-refractivity contribution is 0.00348. The minimum absolute atomic E-state index is 0.114. The normalized spacial score (nSPS) is 32.3. The van der Waals surface area contributed by atoms with Crippen molar-refractivity contribution in [2.24, 2.45) is 11.8 Å². The molecule has 1 aliphatic heterocycles. The van der Waals surface area contributed by atoms with Gasteiger partial charge in [-0.1, -0.05) is 0 Å². The molecule has 1 heterocycles. The molecule has 2 aliphatic carbocycles. The zero-order chi connectivity index (χ0) is 13.6. The predicted molar refractivity (Wildman–Crippen MR) is 74.0 cm³/mol. The Morgan fingerprint density at radius 3 is 2.32 bits per heavy atom. The van der Waals surface area contributed by atoms with Crippen molar-refractivity contribution in [3.63, 3.8) is 0 Å². The number of hydrogen-bond acceptors (Lipinski definition) is 3. The van der Waals surface area contributed by atoms with Gasteiger partial charge in [0.1, 0.15) is 5.60 Å². The van der Waals surface area contributed by atoms with Crippen molar-refractivity contribution in [3.8, 4) is 0 Å². The van der Waals surface area contributed by atoms with Crippen LogP contribution in [0.15, 0.2) is 0 Å². The molecule has 2 saturated carbocycles. The summed E-state index contributed by atoms with van der Waals surface area (Å²) < 4.78 is 5.59. The smallest absolute Gasteiger partial charge is 0.410 e. The fraction of sp³-hybridized carbons (Fsp3) is 0.933. The van der Waals surface area contributed by atoms with Gasteiger partial charge in [0.25, 0.3) is 0 Å². The molecule has 0 unspecified atom stereocenters. The molecule has 3 fully saturated rings. The van der Waals surface area contributed by atoms with E-state index in [0.29, 0.717) is 18.0 Å². The molecule has 1 saturated heterocycles. The van der Waals surface area contributed by atoms with Crippen LogP contribution >= 0.6 is 0 Å². The van der Waals surface area contributed by atoms with Crippen molar-refractivity contribution < 1.29 is 9.53 Å². The maximum Gasteiger partial charge on any atom is 0.410 e. The lowest BCUT2D eigenvalue weighted by Crippen LogP contribution is -2.60. The van der Waals surface area contributed by atoms with E-state index < -0.39 is 5.60 Å².